The molecule has 14 heteroatoms. The van der Waals surface area contributed by atoms with E-state index in [0.29, 0.717) is 37.3 Å². The fraction of sp³-hybridized carbons (Fsp3) is 0.231. The van der Waals surface area contributed by atoms with Crippen molar-refractivity contribution in [1.82, 2.24) is 5.43 Å². The molecular formula is C26H26BrCl2N3O7S. The zero-order valence-electron chi connectivity index (χ0n) is 21.9. The third-order valence-corrected chi connectivity index (χ3v) is 7.69. The summed E-state index contributed by atoms with van der Waals surface area (Å²) >= 11 is 15.6. The molecule has 0 unspecified atom stereocenters. The van der Waals surface area contributed by atoms with E-state index >= 15 is 0 Å². The Kier molecular flexibility index (Phi) is 10.9. The van der Waals surface area contributed by atoms with Gasteiger partial charge in [-0.2, -0.15) is 5.10 Å². The average Bonchev–Trinajstić information content (AvgIpc) is 2.90. The Morgan fingerprint density at radius 1 is 1.02 bits per heavy atom. The molecule has 0 heterocycles. The minimum atomic E-state index is -3.86. The first-order valence-corrected chi connectivity index (χ1v) is 14.8. The van der Waals surface area contributed by atoms with Crippen LogP contribution in [0.2, 0.25) is 10.0 Å². The zero-order valence-corrected chi connectivity index (χ0v) is 25.8. The summed E-state index contributed by atoms with van der Waals surface area (Å²) in [5.74, 6) is 0.801. The average molecular weight is 675 g/mol. The summed E-state index contributed by atoms with van der Waals surface area (Å²) < 4.78 is 48.3. The van der Waals surface area contributed by atoms with E-state index in [1.165, 1.54) is 33.6 Å². The lowest BCUT2D eigenvalue weighted by Gasteiger charge is -2.23. The fourth-order valence-electron chi connectivity index (χ4n) is 3.46. The van der Waals surface area contributed by atoms with Crippen LogP contribution in [0.15, 0.2) is 58.1 Å². The first-order chi connectivity index (χ1) is 19.0. The number of halogens is 3. The maximum atomic E-state index is 12.7. The van der Waals surface area contributed by atoms with Crippen molar-refractivity contribution in [1.29, 1.82) is 0 Å². The number of ether oxygens (including phenoxy) is 4. The Labute approximate surface area is 250 Å². The van der Waals surface area contributed by atoms with Crippen molar-refractivity contribution >= 4 is 67.0 Å². The quantitative estimate of drug-likeness (QED) is 0.205. The van der Waals surface area contributed by atoms with E-state index in [1.807, 2.05) is 0 Å². The van der Waals surface area contributed by atoms with E-state index in [4.69, 9.17) is 42.1 Å². The highest BCUT2D eigenvalue weighted by Crippen LogP contribution is 2.37. The molecule has 214 valence electrons. The van der Waals surface area contributed by atoms with Gasteiger partial charge in [0.25, 0.3) is 5.91 Å². The summed E-state index contributed by atoms with van der Waals surface area (Å²) in [6, 6.07) is 13.1. The summed E-state index contributed by atoms with van der Waals surface area (Å²) in [5, 5.41) is 4.95. The van der Waals surface area contributed by atoms with Gasteiger partial charge in [0.15, 0.2) is 11.5 Å². The third-order valence-electron chi connectivity index (χ3n) is 5.38. The molecule has 0 fully saturated rings. The highest BCUT2D eigenvalue weighted by molar-refractivity contribution is 9.10. The van der Waals surface area contributed by atoms with Crippen LogP contribution in [0.3, 0.4) is 0 Å². The number of amides is 1. The number of sulfonamides is 1. The van der Waals surface area contributed by atoms with E-state index in [1.54, 1.807) is 42.5 Å². The molecule has 3 rings (SSSR count). The third kappa shape index (κ3) is 8.17. The van der Waals surface area contributed by atoms with Crippen LogP contribution in [-0.4, -0.2) is 54.7 Å². The number of hydrogen-bond acceptors (Lipinski definition) is 8. The molecule has 0 aromatic heterocycles. The number of hydrazone groups is 1. The first kappa shape index (κ1) is 31.3. The van der Waals surface area contributed by atoms with E-state index in [-0.39, 0.29) is 18.0 Å². The normalized spacial score (nSPS) is 11.3. The Balaban J connectivity index is 1.73. The Morgan fingerprint density at radius 3 is 2.38 bits per heavy atom. The number of carbonyl (C=O) groups excluding carboxylic acids is 1. The van der Waals surface area contributed by atoms with Crippen LogP contribution < -0.4 is 28.7 Å². The highest BCUT2D eigenvalue weighted by atomic mass is 79.9. The van der Waals surface area contributed by atoms with E-state index in [9.17, 15) is 13.2 Å². The van der Waals surface area contributed by atoms with Gasteiger partial charge in [0.1, 0.15) is 24.7 Å². The van der Waals surface area contributed by atoms with Crippen LogP contribution in [0.4, 0.5) is 5.69 Å². The SMILES string of the molecule is COc1ccc(OC)c(N(CC(=O)N/N=C\c2cc(Br)c(OCc3ccc(Cl)cc3Cl)c(OC)c2)S(C)(=O)=O)c1. The number of benzene rings is 3. The monoisotopic (exact) mass is 673 g/mol. The zero-order chi connectivity index (χ0) is 29.4. The van der Waals surface area contributed by atoms with Crippen molar-refractivity contribution in [2.24, 2.45) is 5.10 Å². The lowest BCUT2D eigenvalue weighted by atomic mass is 10.2. The second-order valence-corrected chi connectivity index (χ2v) is 11.8. The molecule has 0 saturated heterocycles. The first-order valence-electron chi connectivity index (χ1n) is 11.4. The van der Waals surface area contributed by atoms with E-state index in [0.717, 1.165) is 16.1 Å². The number of rotatable bonds is 12. The minimum Gasteiger partial charge on any atom is -0.497 e. The van der Waals surface area contributed by atoms with Crippen molar-refractivity contribution in [3.05, 3.63) is 74.2 Å². The molecule has 0 spiro atoms. The van der Waals surface area contributed by atoms with Gasteiger partial charge in [-0.3, -0.25) is 9.10 Å². The lowest BCUT2D eigenvalue weighted by molar-refractivity contribution is -0.119. The predicted molar refractivity (Wildman–Crippen MR) is 159 cm³/mol. The Bertz CT molecular complexity index is 1520. The summed E-state index contributed by atoms with van der Waals surface area (Å²) in [7, 11) is 0.459. The van der Waals surface area contributed by atoms with Gasteiger partial charge in [0, 0.05) is 21.7 Å². The van der Waals surface area contributed by atoms with Gasteiger partial charge in [0.2, 0.25) is 10.0 Å². The van der Waals surface area contributed by atoms with Crippen molar-refractivity contribution in [3.63, 3.8) is 0 Å². The fourth-order valence-corrected chi connectivity index (χ4v) is 5.35. The molecule has 3 aromatic carbocycles. The number of nitrogens with zero attached hydrogens (tertiary/aromatic N) is 2. The van der Waals surface area contributed by atoms with Crippen LogP contribution in [0.1, 0.15) is 11.1 Å². The van der Waals surface area contributed by atoms with Gasteiger partial charge in [-0.15, -0.1) is 0 Å². The highest BCUT2D eigenvalue weighted by Gasteiger charge is 2.24. The molecule has 0 saturated carbocycles. The van der Waals surface area contributed by atoms with Gasteiger partial charge in [-0.1, -0.05) is 29.3 Å². The van der Waals surface area contributed by atoms with Crippen LogP contribution in [0, 0.1) is 0 Å². The maximum Gasteiger partial charge on any atom is 0.260 e. The van der Waals surface area contributed by atoms with Crippen LogP contribution >= 0.6 is 39.1 Å². The maximum absolute atomic E-state index is 12.7. The standard InChI is InChI=1S/C26H26BrCl2N3O7S/c1-36-19-7-8-23(37-2)22(12-19)32(40(4,34)35)14-25(33)31-30-13-16-9-20(27)26(24(10-16)38-3)39-15-17-5-6-18(28)11-21(17)29/h5-13H,14-15H2,1-4H3,(H,31,33)/b30-13-. The van der Waals surface area contributed by atoms with E-state index in [2.05, 4.69) is 26.5 Å². The molecule has 0 radical (unpaired) electrons. The number of anilines is 1. The summed E-state index contributed by atoms with van der Waals surface area (Å²) in [6.45, 7) is -0.379. The molecule has 0 aliphatic rings. The molecule has 0 atom stereocenters. The molecule has 0 aliphatic heterocycles. The van der Waals surface area contributed by atoms with Gasteiger partial charge in [-0.05, 0) is 57.9 Å². The van der Waals surface area contributed by atoms with Crippen LogP contribution in [0.25, 0.3) is 0 Å². The van der Waals surface area contributed by atoms with Gasteiger partial charge < -0.3 is 18.9 Å². The van der Waals surface area contributed by atoms with Crippen LogP contribution in [-0.2, 0) is 21.4 Å². The molecule has 0 bridgehead atoms. The van der Waals surface area contributed by atoms with E-state index < -0.39 is 22.5 Å². The molecule has 1 amide bonds. The minimum absolute atomic E-state index is 0.146. The molecule has 3 aromatic rings. The largest absolute Gasteiger partial charge is 0.497 e. The number of hydrogen-bond donors (Lipinski definition) is 1. The van der Waals surface area contributed by atoms with Gasteiger partial charge in [-0.25, -0.2) is 13.8 Å². The molecular weight excluding hydrogens is 649 g/mol. The smallest absolute Gasteiger partial charge is 0.260 e. The topological polar surface area (TPSA) is 116 Å². The number of carbonyl (C=O) groups is 1. The Hall–Kier alpha value is -3.19. The van der Waals surface area contributed by atoms with Crippen LogP contribution in [0.5, 0.6) is 23.0 Å². The second-order valence-electron chi connectivity index (χ2n) is 8.16. The van der Waals surface area contributed by atoms with Crippen molar-refractivity contribution in [2.75, 3.05) is 38.4 Å². The Morgan fingerprint density at radius 2 is 1.75 bits per heavy atom. The summed E-state index contributed by atoms with van der Waals surface area (Å²) in [4.78, 5) is 12.7. The van der Waals surface area contributed by atoms with Crippen molar-refractivity contribution < 1.29 is 32.2 Å². The van der Waals surface area contributed by atoms with Crippen molar-refractivity contribution in [2.45, 2.75) is 6.61 Å². The molecule has 1 N–H and O–H groups in total. The number of methoxy groups -OCH3 is 3. The summed E-state index contributed by atoms with van der Waals surface area (Å²) in [5.41, 5.74) is 3.79. The van der Waals surface area contributed by atoms with Crippen molar-refractivity contribution in [3.8, 4) is 23.0 Å². The van der Waals surface area contributed by atoms with Gasteiger partial charge >= 0.3 is 0 Å². The second kappa shape index (κ2) is 13.9. The summed E-state index contributed by atoms with van der Waals surface area (Å²) in [6.07, 6.45) is 2.36. The van der Waals surface area contributed by atoms with Gasteiger partial charge in [0.05, 0.1) is 44.0 Å². The number of nitrogens with one attached hydrogen (secondary N) is 1. The molecule has 40 heavy (non-hydrogen) atoms. The lowest BCUT2D eigenvalue weighted by Crippen LogP contribution is -2.39. The molecule has 0 aliphatic carbocycles. The molecule has 10 nitrogen and oxygen atoms in total. The predicted octanol–water partition coefficient (Wildman–Crippen LogP) is 5.28.